The lowest BCUT2D eigenvalue weighted by Crippen LogP contribution is -2.43. The number of nitrogens with zero attached hydrogens (tertiary/aromatic N) is 2. The molecule has 4 rings (SSSR count). The molecule has 3 aliphatic rings. The van der Waals surface area contributed by atoms with Gasteiger partial charge in [-0.05, 0) is 49.6 Å². The first-order valence-corrected chi connectivity index (χ1v) is 9.52. The van der Waals surface area contributed by atoms with Crippen molar-refractivity contribution < 1.29 is 14.4 Å². The van der Waals surface area contributed by atoms with Gasteiger partial charge in [0.1, 0.15) is 6.10 Å². The molecule has 3 fully saturated rings. The van der Waals surface area contributed by atoms with Crippen LogP contribution < -0.4 is 0 Å². The van der Waals surface area contributed by atoms with Gasteiger partial charge < -0.3 is 4.74 Å². The first kappa shape index (κ1) is 15.6. The number of hydroxylamine groups is 2. The molecule has 0 unspecified atom stereocenters. The van der Waals surface area contributed by atoms with Crippen LogP contribution in [-0.2, 0) is 20.9 Å². The van der Waals surface area contributed by atoms with Crippen molar-refractivity contribution in [3.63, 3.8) is 0 Å². The fourth-order valence-corrected chi connectivity index (χ4v) is 4.60. The van der Waals surface area contributed by atoms with Crippen molar-refractivity contribution in [1.82, 2.24) is 9.96 Å². The Bertz CT molecular complexity index is 530. The second-order valence-corrected chi connectivity index (χ2v) is 7.78. The Hall–Kier alpha value is -0.950. The van der Waals surface area contributed by atoms with E-state index in [0.717, 1.165) is 45.3 Å². The molecule has 0 N–H and O–H groups in total. The Morgan fingerprint density at radius 3 is 3.09 bits per heavy atom. The van der Waals surface area contributed by atoms with Crippen LogP contribution >= 0.6 is 11.3 Å². The zero-order valence-corrected chi connectivity index (χ0v) is 14.2. The van der Waals surface area contributed by atoms with Crippen molar-refractivity contribution in [2.24, 2.45) is 5.92 Å². The Balaban J connectivity index is 1.33. The van der Waals surface area contributed by atoms with Gasteiger partial charge in [0.25, 0.3) is 5.91 Å². The van der Waals surface area contributed by atoms with Gasteiger partial charge in [0.15, 0.2) is 0 Å². The second-order valence-electron chi connectivity index (χ2n) is 6.74. The van der Waals surface area contributed by atoms with Crippen LogP contribution in [0.25, 0.3) is 0 Å². The van der Waals surface area contributed by atoms with Gasteiger partial charge in [-0.1, -0.05) is 6.07 Å². The molecule has 6 heteroatoms. The third kappa shape index (κ3) is 3.45. The van der Waals surface area contributed by atoms with Gasteiger partial charge in [0, 0.05) is 24.5 Å². The smallest absolute Gasteiger partial charge is 0.275 e. The quantitative estimate of drug-likeness (QED) is 0.849. The third-order valence-corrected chi connectivity index (χ3v) is 5.98. The van der Waals surface area contributed by atoms with E-state index in [1.165, 1.54) is 9.94 Å². The lowest BCUT2D eigenvalue weighted by atomic mass is 9.91. The molecule has 126 valence electrons. The van der Waals surface area contributed by atoms with Crippen LogP contribution in [0.15, 0.2) is 17.5 Å². The van der Waals surface area contributed by atoms with E-state index >= 15 is 0 Å². The maximum Gasteiger partial charge on any atom is 0.275 e. The standard InChI is InChI=1S/C17H24N2O3S/c20-17(19-6-1-2-8-21-19)15-10-13-5-7-18(12-16(13)22-15)11-14-4-3-9-23-14/h3-4,9,13,15-16H,1-2,5-8,10-12H2/t13-,15+,16+/m1/s1. The Morgan fingerprint density at radius 1 is 1.35 bits per heavy atom. The third-order valence-electron chi connectivity index (χ3n) is 5.12. The molecule has 0 saturated carbocycles. The summed E-state index contributed by atoms with van der Waals surface area (Å²) in [6.07, 6.45) is 3.95. The number of carbonyl (C=O) groups excluding carboxylic acids is 1. The predicted octanol–water partition coefficient (Wildman–Crippen LogP) is 2.28. The first-order valence-electron chi connectivity index (χ1n) is 8.64. The van der Waals surface area contributed by atoms with E-state index in [2.05, 4.69) is 22.4 Å². The Labute approximate surface area is 141 Å². The molecule has 0 radical (unpaired) electrons. The van der Waals surface area contributed by atoms with Crippen LogP contribution in [-0.4, -0.2) is 54.3 Å². The van der Waals surface area contributed by atoms with Gasteiger partial charge in [-0.25, -0.2) is 5.06 Å². The maximum absolute atomic E-state index is 12.5. The second kappa shape index (κ2) is 6.89. The van der Waals surface area contributed by atoms with Crippen LogP contribution in [0.2, 0.25) is 0 Å². The molecule has 1 aromatic rings. The minimum Gasteiger partial charge on any atom is -0.363 e. The van der Waals surface area contributed by atoms with Crippen LogP contribution in [0, 0.1) is 5.92 Å². The largest absolute Gasteiger partial charge is 0.363 e. The van der Waals surface area contributed by atoms with Crippen LogP contribution in [0.1, 0.15) is 30.6 Å². The van der Waals surface area contributed by atoms with E-state index in [-0.39, 0.29) is 18.1 Å². The van der Waals surface area contributed by atoms with E-state index in [0.29, 0.717) is 19.1 Å². The molecular weight excluding hydrogens is 312 g/mol. The fraction of sp³-hybridized carbons (Fsp3) is 0.706. The normalized spacial score (nSPS) is 32.0. The Morgan fingerprint density at radius 2 is 2.30 bits per heavy atom. The summed E-state index contributed by atoms with van der Waals surface area (Å²) in [5, 5.41) is 3.66. The van der Waals surface area contributed by atoms with Crippen LogP contribution in [0.5, 0.6) is 0 Å². The molecule has 1 aromatic heterocycles. The molecule has 4 heterocycles. The molecule has 0 bridgehead atoms. The summed E-state index contributed by atoms with van der Waals surface area (Å²) >= 11 is 1.81. The summed E-state index contributed by atoms with van der Waals surface area (Å²) in [5.74, 6) is 0.553. The summed E-state index contributed by atoms with van der Waals surface area (Å²) in [7, 11) is 0. The topological polar surface area (TPSA) is 42.0 Å². The van der Waals surface area contributed by atoms with Gasteiger partial charge >= 0.3 is 0 Å². The molecule has 0 aliphatic carbocycles. The first-order chi connectivity index (χ1) is 11.3. The molecule has 0 spiro atoms. The van der Waals surface area contributed by atoms with Crippen molar-refractivity contribution in [3.05, 3.63) is 22.4 Å². The summed E-state index contributed by atoms with van der Waals surface area (Å²) < 4.78 is 6.12. The minimum atomic E-state index is -0.301. The van der Waals surface area contributed by atoms with Crippen LogP contribution in [0.4, 0.5) is 0 Å². The number of hydrogen-bond acceptors (Lipinski definition) is 5. The van der Waals surface area contributed by atoms with E-state index < -0.39 is 0 Å². The highest BCUT2D eigenvalue weighted by Gasteiger charge is 2.43. The van der Waals surface area contributed by atoms with Crippen molar-refractivity contribution in [2.45, 2.75) is 44.4 Å². The number of amides is 1. The number of rotatable bonds is 3. The zero-order chi connectivity index (χ0) is 15.6. The summed E-state index contributed by atoms with van der Waals surface area (Å²) in [6, 6.07) is 4.29. The van der Waals surface area contributed by atoms with Gasteiger partial charge in [-0.3, -0.25) is 14.5 Å². The average Bonchev–Trinajstić information content (AvgIpc) is 3.24. The van der Waals surface area contributed by atoms with E-state index in [9.17, 15) is 4.79 Å². The minimum absolute atomic E-state index is 0.0314. The molecular formula is C17H24N2O3S. The molecule has 3 aliphatic heterocycles. The lowest BCUT2D eigenvalue weighted by Gasteiger charge is -2.33. The molecule has 3 saturated heterocycles. The van der Waals surface area contributed by atoms with Crippen LogP contribution in [0.3, 0.4) is 0 Å². The molecule has 1 amide bonds. The van der Waals surface area contributed by atoms with Gasteiger partial charge in [0.05, 0.1) is 12.7 Å². The highest BCUT2D eigenvalue weighted by Crippen LogP contribution is 2.35. The van der Waals surface area contributed by atoms with Gasteiger partial charge in [-0.2, -0.15) is 0 Å². The summed E-state index contributed by atoms with van der Waals surface area (Å²) in [5.41, 5.74) is 0. The van der Waals surface area contributed by atoms with Crippen molar-refractivity contribution >= 4 is 17.2 Å². The predicted molar refractivity (Wildman–Crippen MR) is 87.9 cm³/mol. The number of piperidine rings is 1. The number of ether oxygens (including phenoxy) is 1. The molecule has 5 nitrogen and oxygen atoms in total. The van der Waals surface area contributed by atoms with E-state index in [1.54, 1.807) is 11.3 Å². The summed E-state index contributed by atoms with van der Waals surface area (Å²) in [6.45, 7) is 4.40. The highest BCUT2D eigenvalue weighted by molar-refractivity contribution is 7.09. The van der Waals surface area contributed by atoms with E-state index in [1.807, 2.05) is 0 Å². The zero-order valence-electron chi connectivity index (χ0n) is 13.4. The van der Waals surface area contributed by atoms with Gasteiger partial charge in [-0.15, -0.1) is 11.3 Å². The molecule has 3 atom stereocenters. The average molecular weight is 336 g/mol. The molecule has 23 heavy (non-hydrogen) atoms. The monoisotopic (exact) mass is 336 g/mol. The maximum atomic E-state index is 12.5. The highest BCUT2D eigenvalue weighted by atomic mass is 32.1. The number of thiophene rings is 1. The van der Waals surface area contributed by atoms with E-state index in [4.69, 9.17) is 9.57 Å². The number of hydrogen-bond donors (Lipinski definition) is 0. The molecule has 0 aromatic carbocycles. The van der Waals surface area contributed by atoms with Crippen molar-refractivity contribution in [1.29, 1.82) is 0 Å². The SMILES string of the molecule is O=C([C@@H]1C[C@H]2CCN(Cc3cccs3)C[C@@H]2O1)N1CCCCO1. The summed E-state index contributed by atoms with van der Waals surface area (Å²) in [4.78, 5) is 21.9. The lowest BCUT2D eigenvalue weighted by molar-refractivity contribution is -0.206. The number of likely N-dealkylation sites (tertiary alicyclic amines) is 1. The number of carbonyl (C=O) groups is 1. The van der Waals surface area contributed by atoms with Crippen molar-refractivity contribution in [2.75, 3.05) is 26.2 Å². The fourth-order valence-electron chi connectivity index (χ4n) is 3.85. The van der Waals surface area contributed by atoms with Crippen molar-refractivity contribution in [3.8, 4) is 0 Å². The Kier molecular flexibility index (Phi) is 4.66. The number of fused-ring (bicyclic) bond motifs is 1. The van der Waals surface area contributed by atoms with Gasteiger partial charge in [0.2, 0.25) is 0 Å².